The Hall–Kier alpha value is -1.18. The minimum Gasteiger partial charge on any atom is -0.493 e. The zero-order valence-corrected chi connectivity index (χ0v) is 8.96. The lowest BCUT2D eigenvalue weighted by Gasteiger charge is -2.13. The van der Waals surface area contributed by atoms with Crippen molar-refractivity contribution < 1.29 is 9.47 Å². The molecular formula is C12H16O2. The van der Waals surface area contributed by atoms with Crippen LogP contribution in [0.1, 0.15) is 25.3 Å². The predicted molar refractivity (Wildman–Crippen MR) is 56.1 cm³/mol. The van der Waals surface area contributed by atoms with Crippen LogP contribution in [0.2, 0.25) is 0 Å². The van der Waals surface area contributed by atoms with Crippen LogP contribution in [0.25, 0.3) is 0 Å². The van der Waals surface area contributed by atoms with Gasteiger partial charge in [-0.05, 0) is 36.0 Å². The lowest BCUT2D eigenvalue weighted by molar-refractivity contribution is 0.354. The molecule has 2 rings (SSSR count). The third kappa shape index (κ3) is 1.45. The average molecular weight is 192 g/mol. The number of benzene rings is 1. The van der Waals surface area contributed by atoms with Crippen molar-refractivity contribution in [1.82, 2.24) is 0 Å². The van der Waals surface area contributed by atoms with Crippen molar-refractivity contribution in [2.75, 3.05) is 14.2 Å². The highest BCUT2D eigenvalue weighted by Gasteiger charge is 2.39. The first-order valence-corrected chi connectivity index (χ1v) is 4.92. The maximum Gasteiger partial charge on any atom is 0.161 e. The van der Waals surface area contributed by atoms with Crippen LogP contribution in [0.5, 0.6) is 11.5 Å². The molecule has 1 aromatic carbocycles. The van der Waals surface area contributed by atoms with Gasteiger partial charge in [0, 0.05) is 0 Å². The summed E-state index contributed by atoms with van der Waals surface area (Å²) in [4.78, 5) is 0. The number of rotatable bonds is 3. The van der Waals surface area contributed by atoms with Crippen LogP contribution in [0, 0.1) is 0 Å². The molecule has 1 aliphatic carbocycles. The van der Waals surface area contributed by atoms with Crippen LogP contribution >= 0.6 is 0 Å². The molecular weight excluding hydrogens is 176 g/mol. The smallest absolute Gasteiger partial charge is 0.161 e. The molecule has 0 aromatic heterocycles. The summed E-state index contributed by atoms with van der Waals surface area (Å²) >= 11 is 0. The monoisotopic (exact) mass is 192 g/mol. The molecule has 0 heterocycles. The fourth-order valence-electron chi connectivity index (χ4n) is 1.69. The van der Waals surface area contributed by atoms with Crippen molar-refractivity contribution in [1.29, 1.82) is 0 Å². The number of ether oxygens (including phenoxy) is 2. The van der Waals surface area contributed by atoms with Crippen molar-refractivity contribution >= 4 is 0 Å². The highest BCUT2D eigenvalue weighted by molar-refractivity contribution is 5.46. The van der Waals surface area contributed by atoms with E-state index in [1.165, 1.54) is 18.4 Å². The van der Waals surface area contributed by atoms with E-state index in [9.17, 15) is 0 Å². The fourth-order valence-corrected chi connectivity index (χ4v) is 1.69. The molecule has 0 spiro atoms. The summed E-state index contributed by atoms with van der Waals surface area (Å²) in [5.41, 5.74) is 1.75. The Morgan fingerprint density at radius 3 is 2.21 bits per heavy atom. The van der Waals surface area contributed by atoms with Gasteiger partial charge < -0.3 is 9.47 Å². The third-order valence-corrected chi connectivity index (χ3v) is 3.08. The van der Waals surface area contributed by atoms with Crippen LogP contribution in [-0.2, 0) is 5.41 Å². The molecule has 1 aliphatic rings. The second kappa shape index (κ2) is 3.19. The molecule has 76 valence electrons. The molecule has 0 aliphatic heterocycles. The Kier molecular flexibility index (Phi) is 2.14. The van der Waals surface area contributed by atoms with Crippen molar-refractivity contribution in [3.63, 3.8) is 0 Å². The van der Waals surface area contributed by atoms with Crippen molar-refractivity contribution in [3.05, 3.63) is 23.8 Å². The lowest BCUT2D eigenvalue weighted by Crippen LogP contribution is -2.00. The molecule has 0 amide bonds. The maximum atomic E-state index is 5.27. The Labute approximate surface area is 84.8 Å². The molecule has 0 bridgehead atoms. The molecule has 1 aromatic rings. The molecule has 0 N–H and O–H groups in total. The number of methoxy groups -OCH3 is 2. The van der Waals surface area contributed by atoms with E-state index in [4.69, 9.17) is 9.47 Å². The molecule has 1 saturated carbocycles. The minimum atomic E-state index is 0.388. The molecule has 0 saturated heterocycles. The quantitative estimate of drug-likeness (QED) is 0.733. The normalized spacial score (nSPS) is 17.6. The highest BCUT2D eigenvalue weighted by Crippen LogP contribution is 2.49. The Balaban J connectivity index is 2.36. The molecule has 0 atom stereocenters. The molecule has 1 fully saturated rings. The van der Waals surface area contributed by atoms with Crippen LogP contribution in [0.3, 0.4) is 0 Å². The number of hydrogen-bond donors (Lipinski definition) is 0. The summed E-state index contributed by atoms with van der Waals surface area (Å²) in [5, 5.41) is 0. The van der Waals surface area contributed by atoms with Crippen LogP contribution in [0.15, 0.2) is 18.2 Å². The predicted octanol–water partition coefficient (Wildman–Crippen LogP) is 2.76. The summed E-state index contributed by atoms with van der Waals surface area (Å²) in [6.45, 7) is 2.29. The molecule has 0 radical (unpaired) electrons. The van der Waals surface area contributed by atoms with Gasteiger partial charge >= 0.3 is 0 Å². The van der Waals surface area contributed by atoms with E-state index in [0.29, 0.717) is 5.41 Å². The Morgan fingerprint density at radius 1 is 1.07 bits per heavy atom. The van der Waals surface area contributed by atoms with Gasteiger partial charge in [-0.25, -0.2) is 0 Å². The highest BCUT2D eigenvalue weighted by atomic mass is 16.5. The average Bonchev–Trinajstić information content (AvgIpc) is 2.97. The van der Waals surface area contributed by atoms with Gasteiger partial charge in [-0.1, -0.05) is 13.0 Å². The molecule has 0 unspecified atom stereocenters. The summed E-state index contributed by atoms with van der Waals surface area (Å²) in [7, 11) is 3.34. The van der Waals surface area contributed by atoms with Gasteiger partial charge in [0.15, 0.2) is 11.5 Å². The summed E-state index contributed by atoms with van der Waals surface area (Å²) < 4.78 is 10.5. The van der Waals surface area contributed by atoms with Crippen LogP contribution < -0.4 is 9.47 Å². The molecule has 2 heteroatoms. The zero-order valence-electron chi connectivity index (χ0n) is 8.96. The van der Waals surface area contributed by atoms with Gasteiger partial charge in [-0.2, -0.15) is 0 Å². The first kappa shape index (κ1) is 9.38. The van der Waals surface area contributed by atoms with E-state index in [0.717, 1.165) is 11.5 Å². The van der Waals surface area contributed by atoms with E-state index in [2.05, 4.69) is 19.1 Å². The summed E-state index contributed by atoms with van der Waals surface area (Å²) in [5.74, 6) is 1.64. The zero-order chi connectivity index (χ0) is 10.2. The van der Waals surface area contributed by atoms with E-state index < -0.39 is 0 Å². The fraction of sp³-hybridized carbons (Fsp3) is 0.500. The van der Waals surface area contributed by atoms with Gasteiger partial charge in [0.1, 0.15) is 0 Å². The second-order valence-electron chi connectivity index (χ2n) is 4.13. The first-order valence-electron chi connectivity index (χ1n) is 4.92. The van der Waals surface area contributed by atoms with Gasteiger partial charge in [0.25, 0.3) is 0 Å². The first-order chi connectivity index (χ1) is 6.69. The Bertz CT molecular complexity index is 340. The van der Waals surface area contributed by atoms with Gasteiger partial charge in [0.05, 0.1) is 14.2 Å². The van der Waals surface area contributed by atoms with Crippen molar-refractivity contribution in [3.8, 4) is 11.5 Å². The summed E-state index contributed by atoms with van der Waals surface area (Å²) in [6.07, 6.45) is 2.56. The van der Waals surface area contributed by atoms with Crippen molar-refractivity contribution in [2.45, 2.75) is 25.2 Å². The van der Waals surface area contributed by atoms with E-state index in [-0.39, 0.29) is 0 Å². The standard InChI is InChI=1S/C12H16O2/c1-12(6-7-12)9-4-5-10(13-2)11(8-9)14-3/h4-5,8H,6-7H2,1-3H3. The molecule has 2 nitrogen and oxygen atoms in total. The molecule has 14 heavy (non-hydrogen) atoms. The lowest BCUT2D eigenvalue weighted by atomic mass is 9.98. The second-order valence-corrected chi connectivity index (χ2v) is 4.13. The largest absolute Gasteiger partial charge is 0.493 e. The van der Waals surface area contributed by atoms with Crippen LogP contribution in [0.4, 0.5) is 0 Å². The Morgan fingerprint density at radius 2 is 1.71 bits per heavy atom. The van der Waals surface area contributed by atoms with Crippen molar-refractivity contribution in [2.24, 2.45) is 0 Å². The maximum absolute atomic E-state index is 5.27. The summed E-state index contributed by atoms with van der Waals surface area (Å²) in [6, 6.07) is 6.21. The van der Waals surface area contributed by atoms with Crippen LogP contribution in [-0.4, -0.2) is 14.2 Å². The van der Waals surface area contributed by atoms with Gasteiger partial charge in [0.2, 0.25) is 0 Å². The minimum absolute atomic E-state index is 0.388. The van der Waals surface area contributed by atoms with E-state index in [1.807, 2.05) is 6.07 Å². The van der Waals surface area contributed by atoms with E-state index in [1.54, 1.807) is 14.2 Å². The number of hydrogen-bond acceptors (Lipinski definition) is 2. The van der Waals surface area contributed by atoms with Gasteiger partial charge in [-0.3, -0.25) is 0 Å². The third-order valence-electron chi connectivity index (χ3n) is 3.08. The van der Waals surface area contributed by atoms with E-state index >= 15 is 0 Å². The topological polar surface area (TPSA) is 18.5 Å². The van der Waals surface area contributed by atoms with Gasteiger partial charge in [-0.15, -0.1) is 0 Å². The SMILES string of the molecule is COc1ccc(C2(C)CC2)cc1OC.